The van der Waals surface area contributed by atoms with E-state index >= 15 is 0 Å². The molecule has 0 fully saturated rings. The number of aromatic nitrogens is 4. The molecule has 0 saturated heterocycles. The van der Waals surface area contributed by atoms with Gasteiger partial charge in [-0.25, -0.2) is 15.0 Å². The summed E-state index contributed by atoms with van der Waals surface area (Å²) in [6, 6.07) is -0.0709. The number of anilines is 1. The number of rotatable bonds is 7. The van der Waals surface area contributed by atoms with Crippen LogP contribution in [-0.2, 0) is 6.54 Å². The van der Waals surface area contributed by atoms with Crippen LogP contribution in [0.25, 0.3) is 11.2 Å². The highest BCUT2D eigenvalue weighted by atomic mass is 127. The molecule has 3 aromatic rings. The predicted molar refractivity (Wildman–Crippen MR) is 118 cm³/mol. The molecule has 0 amide bonds. The summed E-state index contributed by atoms with van der Waals surface area (Å²) in [5.74, 6) is 1.23. The molecule has 0 bridgehead atoms. The van der Waals surface area contributed by atoms with Gasteiger partial charge in [-0.05, 0) is 47.7 Å². The van der Waals surface area contributed by atoms with Crippen molar-refractivity contribution in [2.45, 2.75) is 41.4 Å². The van der Waals surface area contributed by atoms with Crippen molar-refractivity contribution < 1.29 is 35.8 Å². The minimum Gasteiger partial charge on any atom is -0.454 e. The van der Waals surface area contributed by atoms with Crippen molar-refractivity contribution in [1.29, 1.82) is 0 Å². The number of imidazole rings is 1. The second kappa shape index (κ2) is 9.44. The summed E-state index contributed by atoms with van der Waals surface area (Å²) in [5, 5.41) is 1.94. The lowest BCUT2D eigenvalue weighted by Crippen LogP contribution is -2.52. The topological polar surface area (TPSA) is 100 Å². The number of benzene rings is 1. The van der Waals surface area contributed by atoms with Gasteiger partial charge < -0.3 is 19.8 Å². The van der Waals surface area contributed by atoms with Gasteiger partial charge in [0.2, 0.25) is 12.8 Å². The van der Waals surface area contributed by atoms with E-state index in [1.807, 2.05) is 0 Å². The highest BCUT2D eigenvalue weighted by Crippen LogP contribution is 2.41. The van der Waals surface area contributed by atoms with Crippen molar-refractivity contribution in [2.75, 3.05) is 19.1 Å². The molecule has 3 N–H and O–H groups in total. The number of nitrogen functional groups attached to an aromatic ring is 1. The summed E-state index contributed by atoms with van der Waals surface area (Å²) in [6.45, 7) is -0.421. The molecule has 0 saturated carbocycles. The van der Waals surface area contributed by atoms with E-state index in [-0.39, 0.29) is 31.1 Å². The van der Waals surface area contributed by atoms with Crippen molar-refractivity contribution >= 4 is 51.3 Å². The molecule has 0 unspecified atom stereocenters. The molecule has 1 aliphatic heterocycles. The molecule has 16 heteroatoms. The number of hydrogen-bond donors (Lipinski definition) is 2. The Bertz CT molecular complexity index is 1190. The SMILES string of the molecule is Nc1ncnc2c1nc(Sc1cc3c(cc1I)OCO3)n2CCCNC(C([19F])([19F])[19F])C([19F])([19F])[19F]. The average Bonchev–Trinajstić information content (AvgIpc) is 3.31. The Morgan fingerprint density at radius 3 is 2.47 bits per heavy atom. The fraction of sp³-hybridized carbons (Fsp3) is 0.389. The van der Waals surface area contributed by atoms with Crippen LogP contribution in [0.1, 0.15) is 6.42 Å². The monoisotopic (exact) mass is 620 g/mol. The predicted octanol–water partition coefficient (Wildman–Crippen LogP) is 4.37. The van der Waals surface area contributed by atoms with Crippen LogP contribution in [0.15, 0.2) is 28.5 Å². The molecule has 0 spiro atoms. The summed E-state index contributed by atoms with van der Waals surface area (Å²) in [4.78, 5) is 13.2. The van der Waals surface area contributed by atoms with Crippen molar-refractivity contribution in [1.82, 2.24) is 24.8 Å². The minimum absolute atomic E-state index is 0.0336. The van der Waals surface area contributed by atoms with Crippen molar-refractivity contribution in [3.63, 3.8) is 0 Å². The Morgan fingerprint density at radius 1 is 1.12 bits per heavy atom. The lowest BCUT2D eigenvalue weighted by atomic mass is 10.2. The van der Waals surface area contributed by atoms with Crippen LogP contribution >= 0.6 is 34.4 Å². The molecule has 1 aliphatic rings. The van der Waals surface area contributed by atoms with E-state index < -0.39 is 24.9 Å². The van der Waals surface area contributed by atoms with E-state index in [1.165, 1.54) is 18.1 Å². The molecule has 0 atom stereocenters. The largest absolute Gasteiger partial charge is 0.454 e. The number of nitrogens with two attached hydrogens (primary N) is 1. The Morgan fingerprint density at radius 2 is 1.79 bits per heavy atom. The molecule has 2 aromatic heterocycles. The van der Waals surface area contributed by atoms with Crippen LogP contribution < -0.4 is 20.5 Å². The van der Waals surface area contributed by atoms with Gasteiger partial charge in [-0.3, -0.25) is 5.32 Å². The van der Waals surface area contributed by atoms with Crippen molar-refractivity contribution in [2.24, 2.45) is 0 Å². The van der Waals surface area contributed by atoms with E-state index in [9.17, 15) is 26.3 Å². The van der Waals surface area contributed by atoms with Gasteiger partial charge in [-0.15, -0.1) is 0 Å². The zero-order valence-electron chi connectivity index (χ0n) is 16.9. The van der Waals surface area contributed by atoms with Gasteiger partial charge in [0.15, 0.2) is 33.6 Å². The van der Waals surface area contributed by atoms with Crippen LogP contribution in [0.4, 0.5) is 32.2 Å². The highest BCUT2D eigenvalue weighted by Gasteiger charge is 2.56. The maximum Gasteiger partial charge on any atom is 0.412 e. The van der Waals surface area contributed by atoms with Crippen LogP contribution in [0.5, 0.6) is 11.5 Å². The average molecular weight is 620 g/mol. The molecule has 34 heavy (non-hydrogen) atoms. The smallest absolute Gasteiger partial charge is 0.412 e. The number of hydrogen-bond acceptors (Lipinski definition) is 8. The Kier molecular flexibility index (Phi) is 6.92. The molecule has 184 valence electrons. The van der Waals surface area contributed by atoms with Gasteiger partial charge in [-0.2, -0.15) is 26.3 Å². The lowest BCUT2D eigenvalue weighted by Gasteiger charge is -2.24. The van der Waals surface area contributed by atoms with Gasteiger partial charge in [0.25, 0.3) is 0 Å². The number of halogens is 7. The highest BCUT2D eigenvalue weighted by molar-refractivity contribution is 14.1. The van der Waals surface area contributed by atoms with E-state index in [2.05, 4.69) is 37.5 Å². The molecular weight excluding hydrogens is 605 g/mol. The minimum atomic E-state index is -5.46. The van der Waals surface area contributed by atoms with E-state index in [0.29, 0.717) is 22.3 Å². The maximum atomic E-state index is 12.8. The first kappa shape index (κ1) is 24.9. The van der Waals surface area contributed by atoms with E-state index in [1.54, 1.807) is 22.0 Å². The Labute approximate surface area is 205 Å². The van der Waals surface area contributed by atoms with Crippen LogP contribution in [0.2, 0.25) is 0 Å². The van der Waals surface area contributed by atoms with Crippen LogP contribution in [0, 0.1) is 3.57 Å². The van der Waals surface area contributed by atoms with E-state index in [0.717, 1.165) is 8.47 Å². The molecule has 8 nitrogen and oxygen atoms in total. The second-order valence-corrected chi connectivity index (χ2v) is 9.21. The Balaban J connectivity index is 1.56. The fourth-order valence-corrected chi connectivity index (χ4v) is 4.90. The van der Waals surface area contributed by atoms with Gasteiger partial charge in [0.05, 0.1) is 0 Å². The van der Waals surface area contributed by atoms with Gasteiger partial charge in [0, 0.05) is 15.0 Å². The van der Waals surface area contributed by atoms with Gasteiger partial charge in [-0.1, -0.05) is 11.8 Å². The number of nitrogens with zero attached hydrogens (tertiary/aromatic N) is 4. The molecule has 4 rings (SSSR count). The maximum absolute atomic E-state index is 12.8. The number of fused-ring (bicyclic) bond motifs is 2. The molecule has 0 aliphatic carbocycles. The number of aryl methyl sites for hydroxylation is 1. The van der Waals surface area contributed by atoms with Crippen LogP contribution in [-0.4, -0.2) is 51.3 Å². The first-order valence-electron chi connectivity index (χ1n) is 9.55. The van der Waals surface area contributed by atoms with Gasteiger partial charge in [0.1, 0.15) is 6.33 Å². The third-order valence-electron chi connectivity index (χ3n) is 4.72. The zero-order valence-corrected chi connectivity index (χ0v) is 19.8. The first-order chi connectivity index (χ1) is 15.9. The second-order valence-electron chi connectivity index (χ2n) is 7.04. The number of alkyl halides is 6. The number of ether oxygens (including phenoxy) is 2. The molecule has 3 heterocycles. The van der Waals surface area contributed by atoms with E-state index in [4.69, 9.17) is 15.2 Å². The van der Waals surface area contributed by atoms with Crippen molar-refractivity contribution in [3.8, 4) is 11.5 Å². The fourth-order valence-electron chi connectivity index (χ4n) is 3.19. The normalized spacial score (nSPS) is 13.9. The third kappa shape index (κ3) is 5.22. The quantitative estimate of drug-likeness (QED) is 0.229. The summed E-state index contributed by atoms with van der Waals surface area (Å²) < 4.78 is 89.7. The summed E-state index contributed by atoms with van der Waals surface area (Å²) >= 11 is 3.32. The summed E-state index contributed by atoms with van der Waals surface area (Å²) in [6.07, 6.45) is -9.78. The standard InChI is InChI=1S/C18H15F6IN6O2S/c19-17(20,21)15(18(22,23)24)27-2-1-3-31-14-12(13(26)28-6-29-14)30-16(31)34-11-5-10-9(4-8(11)25)32-7-33-10/h4-6,15,27H,1-3,7H2,(H2,26,28,29)/i19+0,20+0,21+0,22+0,23+0,24+0. The lowest BCUT2D eigenvalue weighted by molar-refractivity contribution is -0.258. The van der Waals surface area contributed by atoms with Crippen LogP contribution in [0.3, 0.4) is 0 Å². The summed E-state index contributed by atoms with van der Waals surface area (Å²) in [5.41, 5.74) is 6.48. The zero-order chi connectivity index (χ0) is 24.7. The summed E-state index contributed by atoms with van der Waals surface area (Å²) in [7, 11) is 0. The van der Waals surface area contributed by atoms with Gasteiger partial charge >= 0.3 is 12.4 Å². The molecule has 0 radical (unpaired) electrons. The number of nitrogens with one attached hydrogen (secondary N) is 1. The third-order valence-corrected chi connectivity index (χ3v) is 7.03. The first-order valence-corrected chi connectivity index (χ1v) is 11.4. The molecule has 1 aromatic carbocycles. The molecular formula is C18H15F6IN6O2S. The Hall–Kier alpha value is -2.21. The van der Waals surface area contributed by atoms with Crippen molar-refractivity contribution in [3.05, 3.63) is 22.0 Å².